The minimum Gasteiger partial charge on any atom is -0.310 e. The van der Waals surface area contributed by atoms with Crippen molar-refractivity contribution < 1.29 is 0 Å². The third-order valence-corrected chi connectivity index (χ3v) is 16.8. The van der Waals surface area contributed by atoms with E-state index in [1.54, 1.807) is 0 Å². The second kappa shape index (κ2) is 14.5. The summed E-state index contributed by atoms with van der Waals surface area (Å²) in [5.41, 5.74) is 24.3. The van der Waals surface area contributed by atoms with E-state index < -0.39 is 0 Å². The summed E-state index contributed by atoms with van der Waals surface area (Å²) >= 11 is 0. The van der Waals surface area contributed by atoms with Crippen molar-refractivity contribution in [3.05, 3.63) is 246 Å². The molecule has 0 N–H and O–H groups in total. The normalized spacial score (nSPS) is 15.1. The molecule has 0 saturated heterocycles. The lowest BCUT2D eigenvalue weighted by atomic mass is 9.80. The Hall–Kier alpha value is -8.00. The first-order valence-electron chi connectivity index (χ1n) is 25.0. The van der Waals surface area contributed by atoms with Crippen LogP contribution in [0.25, 0.3) is 88.0 Å². The SMILES string of the molecule is CC1(C)c2ccccc2-c2ccc(N(c3ccc4c(c3)C(C)(C)c3ccccc3-4)c3ccc4c(c3)C(C)(C)c3cc(-c5c6ccccc6c(-c6ccc7ccccc7c6)c6ccccc56)ccc3-4)cc21. The number of anilines is 3. The van der Waals surface area contributed by atoms with E-state index in [1.165, 1.54) is 138 Å². The monoisotopic (exact) mass is 895 g/mol. The molecule has 3 aliphatic rings. The van der Waals surface area contributed by atoms with Gasteiger partial charge in [-0.3, -0.25) is 0 Å². The highest BCUT2D eigenvalue weighted by Gasteiger charge is 2.40. The largest absolute Gasteiger partial charge is 0.310 e. The number of hydrogen-bond acceptors (Lipinski definition) is 1. The Morgan fingerprint density at radius 1 is 0.257 bits per heavy atom. The maximum atomic E-state index is 2.53. The Kier molecular flexibility index (Phi) is 8.50. The zero-order chi connectivity index (χ0) is 47.3. The summed E-state index contributed by atoms with van der Waals surface area (Å²) in [5, 5.41) is 7.62. The first-order valence-corrected chi connectivity index (χ1v) is 25.0. The summed E-state index contributed by atoms with van der Waals surface area (Å²) in [6.07, 6.45) is 0. The molecule has 0 saturated carbocycles. The van der Waals surface area contributed by atoms with Crippen molar-refractivity contribution in [1.82, 2.24) is 0 Å². The zero-order valence-electron chi connectivity index (χ0n) is 40.7. The summed E-state index contributed by atoms with van der Waals surface area (Å²) in [7, 11) is 0. The number of nitrogens with zero attached hydrogens (tertiary/aromatic N) is 1. The molecule has 1 nitrogen and oxygen atoms in total. The quantitative estimate of drug-likeness (QED) is 0.156. The average molecular weight is 896 g/mol. The van der Waals surface area contributed by atoms with Crippen LogP contribution in [0.3, 0.4) is 0 Å². The van der Waals surface area contributed by atoms with Crippen molar-refractivity contribution in [3.8, 4) is 55.6 Å². The number of rotatable bonds is 5. The molecule has 0 atom stereocenters. The molecule has 0 bridgehead atoms. The van der Waals surface area contributed by atoms with Gasteiger partial charge >= 0.3 is 0 Å². The summed E-state index contributed by atoms with van der Waals surface area (Å²) in [6, 6.07) is 80.6. The van der Waals surface area contributed by atoms with Gasteiger partial charge in [0.15, 0.2) is 0 Å². The van der Waals surface area contributed by atoms with Crippen LogP contribution in [-0.4, -0.2) is 0 Å². The van der Waals surface area contributed by atoms with E-state index in [1.807, 2.05) is 0 Å². The van der Waals surface area contributed by atoms with Crippen molar-refractivity contribution in [2.24, 2.45) is 0 Å². The molecule has 70 heavy (non-hydrogen) atoms. The first-order chi connectivity index (χ1) is 34.0. The van der Waals surface area contributed by atoms with Crippen LogP contribution in [0.4, 0.5) is 17.1 Å². The molecule has 0 heterocycles. The fraction of sp³-hybridized carbons (Fsp3) is 0.130. The standard InChI is InChI=1S/C69H53N/c1-67(2)59-25-15-13-19-49(59)52-34-30-46(39-62(52)67)70(47-31-35-53-50-20-14-16-26-60(50)68(3,4)63(53)40-47)48-32-36-54-51-33-29-45(38-61(51)69(5,6)64(54)41-48)66-57-23-11-9-21-55(57)65(56-22-10-12-24-58(56)66)44-28-27-42-17-7-8-18-43(42)37-44/h7-41H,1-6H3. The molecule has 11 aromatic carbocycles. The van der Waals surface area contributed by atoms with Gasteiger partial charge in [0.05, 0.1) is 0 Å². The van der Waals surface area contributed by atoms with Gasteiger partial charge in [-0.25, -0.2) is 0 Å². The van der Waals surface area contributed by atoms with Crippen LogP contribution in [0.1, 0.15) is 74.9 Å². The minimum atomic E-state index is -0.262. The molecule has 0 aromatic heterocycles. The topological polar surface area (TPSA) is 3.24 Å². The van der Waals surface area contributed by atoms with Crippen LogP contribution in [0, 0.1) is 0 Å². The smallest absolute Gasteiger partial charge is 0.0465 e. The van der Waals surface area contributed by atoms with Crippen molar-refractivity contribution in [3.63, 3.8) is 0 Å². The van der Waals surface area contributed by atoms with Gasteiger partial charge < -0.3 is 4.90 Å². The highest BCUT2D eigenvalue weighted by molar-refractivity contribution is 6.22. The summed E-state index contributed by atoms with van der Waals surface area (Å²) in [6.45, 7) is 14.4. The molecular formula is C69H53N. The van der Waals surface area contributed by atoms with Crippen LogP contribution in [0.15, 0.2) is 212 Å². The maximum Gasteiger partial charge on any atom is 0.0465 e. The van der Waals surface area contributed by atoms with Crippen LogP contribution in [0.2, 0.25) is 0 Å². The van der Waals surface area contributed by atoms with Crippen molar-refractivity contribution in [2.45, 2.75) is 57.8 Å². The Morgan fingerprint density at radius 2 is 0.586 bits per heavy atom. The predicted molar refractivity (Wildman–Crippen MR) is 297 cm³/mol. The predicted octanol–water partition coefficient (Wildman–Crippen LogP) is 18.9. The molecule has 0 radical (unpaired) electrons. The molecule has 334 valence electrons. The van der Waals surface area contributed by atoms with Gasteiger partial charge in [0, 0.05) is 33.3 Å². The Balaban J connectivity index is 0.919. The van der Waals surface area contributed by atoms with E-state index in [2.05, 4.69) is 259 Å². The van der Waals surface area contributed by atoms with Gasteiger partial charge in [0.1, 0.15) is 0 Å². The van der Waals surface area contributed by atoms with Gasteiger partial charge in [-0.15, -0.1) is 0 Å². The second-order valence-corrected chi connectivity index (χ2v) is 21.7. The van der Waals surface area contributed by atoms with Gasteiger partial charge in [0.25, 0.3) is 0 Å². The number of fused-ring (bicyclic) bond motifs is 12. The van der Waals surface area contributed by atoms with E-state index in [4.69, 9.17) is 0 Å². The summed E-state index contributed by atoms with van der Waals surface area (Å²) in [4.78, 5) is 2.53. The van der Waals surface area contributed by atoms with E-state index in [0.717, 1.165) is 0 Å². The highest BCUT2D eigenvalue weighted by atomic mass is 15.1. The Labute approximate surface area is 411 Å². The zero-order valence-corrected chi connectivity index (χ0v) is 40.7. The van der Waals surface area contributed by atoms with Crippen LogP contribution < -0.4 is 4.90 Å². The van der Waals surface area contributed by atoms with E-state index >= 15 is 0 Å². The summed E-state index contributed by atoms with van der Waals surface area (Å²) in [5.74, 6) is 0. The Morgan fingerprint density at radius 3 is 1.06 bits per heavy atom. The van der Waals surface area contributed by atoms with Crippen LogP contribution in [0.5, 0.6) is 0 Å². The van der Waals surface area contributed by atoms with Gasteiger partial charge in [-0.05, 0) is 170 Å². The van der Waals surface area contributed by atoms with Gasteiger partial charge in [-0.1, -0.05) is 205 Å². The van der Waals surface area contributed by atoms with Gasteiger partial charge in [0.2, 0.25) is 0 Å². The number of benzene rings is 11. The Bertz CT molecular complexity index is 3880. The van der Waals surface area contributed by atoms with E-state index in [9.17, 15) is 0 Å². The van der Waals surface area contributed by atoms with Crippen LogP contribution in [-0.2, 0) is 16.2 Å². The molecule has 14 rings (SSSR count). The molecule has 0 spiro atoms. The fourth-order valence-corrected chi connectivity index (χ4v) is 13.2. The second-order valence-electron chi connectivity index (χ2n) is 21.7. The molecule has 3 aliphatic carbocycles. The lowest BCUT2D eigenvalue weighted by Crippen LogP contribution is -2.19. The average Bonchev–Trinajstić information content (AvgIpc) is 3.86. The van der Waals surface area contributed by atoms with Crippen molar-refractivity contribution in [2.75, 3.05) is 4.90 Å². The molecule has 0 fully saturated rings. The maximum absolute atomic E-state index is 2.53. The lowest BCUT2D eigenvalue weighted by molar-refractivity contribution is 0.659. The van der Waals surface area contributed by atoms with Crippen molar-refractivity contribution >= 4 is 49.4 Å². The summed E-state index contributed by atoms with van der Waals surface area (Å²) < 4.78 is 0. The van der Waals surface area contributed by atoms with Gasteiger partial charge in [-0.2, -0.15) is 0 Å². The molecule has 0 amide bonds. The molecule has 11 aromatic rings. The van der Waals surface area contributed by atoms with E-state index in [0.29, 0.717) is 0 Å². The first kappa shape index (κ1) is 41.0. The highest BCUT2D eigenvalue weighted by Crippen LogP contribution is 2.56. The molecule has 1 heteroatoms. The molecular weight excluding hydrogens is 843 g/mol. The number of hydrogen-bond donors (Lipinski definition) is 0. The third-order valence-electron chi connectivity index (χ3n) is 16.8. The van der Waals surface area contributed by atoms with Crippen LogP contribution >= 0.6 is 0 Å². The van der Waals surface area contributed by atoms with E-state index in [-0.39, 0.29) is 16.2 Å². The van der Waals surface area contributed by atoms with Crippen molar-refractivity contribution in [1.29, 1.82) is 0 Å². The third kappa shape index (κ3) is 5.67. The molecule has 0 unspecified atom stereocenters. The fourth-order valence-electron chi connectivity index (χ4n) is 13.2. The minimum absolute atomic E-state index is 0.123. The lowest BCUT2D eigenvalue weighted by Gasteiger charge is -2.31. The molecule has 0 aliphatic heterocycles.